The zero-order valence-electron chi connectivity index (χ0n) is 11.9. The highest BCUT2D eigenvalue weighted by Crippen LogP contribution is 2.19. The number of carbonyl (C=O) groups is 2. The van der Waals surface area contributed by atoms with Crippen molar-refractivity contribution in [1.29, 1.82) is 0 Å². The number of carboxylic acid groups (broad SMARTS) is 1. The number of hydrogen-bond donors (Lipinski definition) is 1. The lowest BCUT2D eigenvalue weighted by molar-refractivity contribution is -0.145. The normalized spacial score (nSPS) is 19.4. The summed E-state index contributed by atoms with van der Waals surface area (Å²) < 4.78 is 12.8. The SMILES string of the molecule is C/C(=C\c1ccc(F)cc1)C(=O)N1CCC[C@H](C(=O)O)C1. The molecule has 1 aromatic carbocycles. The number of aliphatic carboxylic acids is 1. The van der Waals surface area contributed by atoms with E-state index in [2.05, 4.69) is 0 Å². The minimum Gasteiger partial charge on any atom is -0.481 e. The van der Waals surface area contributed by atoms with E-state index in [1.165, 1.54) is 12.1 Å². The van der Waals surface area contributed by atoms with E-state index in [0.717, 1.165) is 5.56 Å². The molecule has 2 rings (SSSR count). The highest BCUT2D eigenvalue weighted by Gasteiger charge is 2.28. The molecule has 0 radical (unpaired) electrons. The largest absolute Gasteiger partial charge is 0.481 e. The van der Waals surface area contributed by atoms with Crippen LogP contribution in [0.4, 0.5) is 4.39 Å². The number of benzene rings is 1. The van der Waals surface area contributed by atoms with Gasteiger partial charge in [0.2, 0.25) is 5.91 Å². The van der Waals surface area contributed by atoms with E-state index >= 15 is 0 Å². The van der Waals surface area contributed by atoms with Crippen molar-refractivity contribution in [2.24, 2.45) is 5.92 Å². The van der Waals surface area contributed by atoms with E-state index < -0.39 is 11.9 Å². The number of carboxylic acids is 1. The number of hydrogen-bond acceptors (Lipinski definition) is 2. The van der Waals surface area contributed by atoms with Crippen molar-refractivity contribution in [2.75, 3.05) is 13.1 Å². The smallest absolute Gasteiger partial charge is 0.308 e. The van der Waals surface area contributed by atoms with E-state index in [-0.39, 0.29) is 18.3 Å². The molecule has 1 aliphatic heterocycles. The molecule has 0 aliphatic carbocycles. The van der Waals surface area contributed by atoms with Gasteiger partial charge < -0.3 is 10.0 Å². The van der Waals surface area contributed by atoms with Gasteiger partial charge in [-0.25, -0.2) is 4.39 Å². The van der Waals surface area contributed by atoms with Gasteiger partial charge in [0, 0.05) is 18.7 Å². The first kappa shape index (κ1) is 15.2. The summed E-state index contributed by atoms with van der Waals surface area (Å²) >= 11 is 0. The number of amides is 1. The fourth-order valence-electron chi connectivity index (χ4n) is 2.48. The van der Waals surface area contributed by atoms with Gasteiger partial charge in [0.25, 0.3) is 0 Å². The van der Waals surface area contributed by atoms with Gasteiger partial charge >= 0.3 is 5.97 Å². The Kier molecular flexibility index (Phi) is 4.73. The van der Waals surface area contributed by atoms with Crippen LogP contribution in [0.25, 0.3) is 6.08 Å². The van der Waals surface area contributed by atoms with Gasteiger partial charge in [-0.1, -0.05) is 12.1 Å². The van der Waals surface area contributed by atoms with Crippen LogP contribution in [0.5, 0.6) is 0 Å². The third kappa shape index (κ3) is 3.90. The lowest BCUT2D eigenvalue weighted by atomic mass is 9.97. The van der Waals surface area contributed by atoms with Gasteiger partial charge in [0.1, 0.15) is 5.82 Å². The van der Waals surface area contributed by atoms with Gasteiger partial charge in [0.15, 0.2) is 0 Å². The maximum atomic E-state index is 12.8. The van der Waals surface area contributed by atoms with Crippen molar-refractivity contribution < 1.29 is 19.1 Å². The Hall–Kier alpha value is -2.17. The monoisotopic (exact) mass is 291 g/mol. The molecule has 0 aromatic heterocycles. The molecular weight excluding hydrogens is 273 g/mol. The van der Waals surface area contributed by atoms with Crippen LogP contribution in [-0.2, 0) is 9.59 Å². The summed E-state index contributed by atoms with van der Waals surface area (Å²) in [6.45, 7) is 2.52. The van der Waals surface area contributed by atoms with E-state index in [0.29, 0.717) is 25.0 Å². The molecule has 1 aliphatic rings. The first-order valence-electron chi connectivity index (χ1n) is 6.93. The average Bonchev–Trinajstić information content (AvgIpc) is 2.49. The van der Waals surface area contributed by atoms with Crippen molar-refractivity contribution in [1.82, 2.24) is 4.90 Å². The summed E-state index contributed by atoms with van der Waals surface area (Å²) in [6.07, 6.45) is 3.00. The van der Waals surface area contributed by atoms with Gasteiger partial charge in [-0.05, 0) is 43.5 Å². The third-order valence-electron chi connectivity index (χ3n) is 3.65. The number of nitrogens with zero attached hydrogens (tertiary/aromatic N) is 1. The van der Waals surface area contributed by atoms with Crippen molar-refractivity contribution >= 4 is 18.0 Å². The Morgan fingerprint density at radius 2 is 2.00 bits per heavy atom. The Balaban J connectivity index is 2.08. The molecule has 1 heterocycles. The number of halogens is 1. The Bertz CT molecular complexity index is 565. The van der Waals surface area contributed by atoms with E-state index in [1.807, 2.05) is 0 Å². The average molecular weight is 291 g/mol. The highest BCUT2D eigenvalue weighted by atomic mass is 19.1. The molecule has 1 fully saturated rings. The van der Waals surface area contributed by atoms with Crippen LogP contribution in [0.15, 0.2) is 29.8 Å². The summed E-state index contributed by atoms with van der Waals surface area (Å²) in [7, 11) is 0. The highest BCUT2D eigenvalue weighted by molar-refractivity contribution is 5.97. The predicted molar refractivity (Wildman–Crippen MR) is 77.0 cm³/mol. The minimum absolute atomic E-state index is 0.162. The maximum absolute atomic E-state index is 12.8. The molecular formula is C16H18FNO3. The molecule has 5 heteroatoms. The standard InChI is InChI=1S/C16H18FNO3/c1-11(9-12-4-6-14(17)7-5-12)15(19)18-8-2-3-13(10-18)16(20)21/h4-7,9,13H,2-3,8,10H2,1H3,(H,20,21)/b11-9+/t13-/m0/s1. The van der Waals surface area contributed by atoms with Crippen LogP contribution in [0.2, 0.25) is 0 Å². The van der Waals surface area contributed by atoms with Crippen molar-refractivity contribution in [3.63, 3.8) is 0 Å². The minimum atomic E-state index is -0.854. The molecule has 1 atom stereocenters. The van der Waals surface area contributed by atoms with Gasteiger partial charge in [0.05, 0.1) is 5.92 Å². The second kappa shape index (κ2) is 6.52. The molecule has 1 amide bonds. The number of carbonyl (C=O) groups excluding carboxylic acids is 1. The molecule has 112 valence electrons. The van der Waals surface area contributed by atoms with Crippen molar-refractivity contribution in [3.05, 3.63) is 41.2 Å². The second-order valence-corrected chi connectivity index (χ2v) is 5.31. The van der Waals surface area contributed by atoms with E-state index in [1.54, 1.807) is 30.0 Å². The number of likely N-dealkylation sites (tertiary alicyclic amines) is 1. The molecule has 4 nitrogen and oxygen atoms in total. The van der Waals surface area contributed by atoms with Crippen molar-refractivity contribution in [3.8, 4) is 0 Å². The lowest BCUT2D eigenvalue weighted by Gasteiger charge is -2.31. The maximum Gasteiger partial charge on any atom is 0.308 e. The number of rotatable bonds is 3. The second-order valence-electron chi connectivity index (χ2n) is 5.31. The van der Waals surface area contributed by atoms with Gasteiger partial charge in [-0.15, -0.1) is 0 Å². The molecule has 1 saturated heterocycles. The summed E-state index contributed by atoms with van der Waals surface area (Å²) in [6, 6.07) is 5.88. The van der Waals surface area contributed by atoms with Crippen LogP contribution in [0.3, 0.4) is 0 Å². The molecule has 1 aromatic rings. The molecule has 0 spiro atoms. The molecule has 0 unspecified atom stereocenters. The van der Waals surface area contributed by atoms with Crippen LogP contribution < -0.4 is 0 Å². The fraction of sp³-hybridized carbons (Fsp3) is 0.375. The van der Waals surface area contributed by atoms with E-state index in [4.69, 9.17) is 5.11 Å². The summed E-state index contributed by atoms with van der Waals surface area (Å²) in [4.78, 5) is 24.9. The van der Waals surface area contributed by atoms with E-state index in [9.17, 15) is 14.0 Å². The summed E-state index contributed by atoms with van der Waals surface area (Å²) in [5, 5.41) is 9.05. The zero-order chi connectivity index (χ0) is 15.4. The first-order chi connectivity index (χ1) is 9.97. The van der Waals surface area contributed by atoms with Crippen LogP contribution in [0, 0.1) is 11.7 Å². The van der Waals surface area contributed by atoms with Gasteiger partial charge in [-0.2, -0.15) is 0 Å². The quantitative estimate of drug-likeness (QED) is 0.871. The summed E-state index contributed by atoms with van der Waals surface area (Å²) in [5.74, 6) is -1.82. The van der Waals surface area contributed by atoms with Crippen LogP contribution >= 0.6 is 0 Å². The first-order valence-corrected chi connectivity index (χ1v) is 6.93. The molecule has 21 heavy (non-hydrogen) atoms. The van der Waals surface area contributed by atoms with Crippen LogP contribution in [-0.4, -0.2) is 35.0 Å². The number of piperidine rings is 1. The Labute approximate surface area is 122 Å². The predicted octanol–water partition coefficient (Wildman–Crippen LogP) is 2.55. The van der Waals surface area contributed by atoms with Crippen molar-refractivity contribution in [2.45, 2.75) is 19.8 Å². The Morgan fingerprint density at radius 1 is 1.33 bits per heavy atom. The zero-order valence-corrected chi connectivity index (χ0v) is 11.9. The molecule has 1 N–H and O–H groups in total. The van der Waals surface area contributed by atoms with Crippen LogP contribution in [0.1, 0.15) is 25.3 Å². The molecule has 0 saturated carbocycles. The Morgan fingerprint density at radius 3 is 2.62 bits per heavy atom. The fourth-order valence-corrected chi connectivity index (χ4v) is 2.48. The molecule has 0 bridgehead atoms. The third-order valence-corrected chi connectivity index (χ3v) is 3.65. The summed E-state index contributed by atoms with van der Waals surface area (Å²) in [5.41, 5.74) is 1.27. The van der Waals surface area contributed by atoms with Gasteiger partial charge in [-0.3, -0.25) is 9.59 Å². The lowest BCUT2D eigenvalue weighted by Crippen LogP contribution is -2.42. The topological polar surface area (TPSA) is 57.6 Å².